The molecule has 0 spiro atoms. The molecule has 1 aliphatic rings. The van der Waals surface area contributed by atoms with Crippen molar-refractivity contribution in [2.24, 2.45) is 0 Å². The van der Waals surface area contributed by atoms with E-state index in [9.17, 15) is 23.2 Å². The number of nitrogens with zero attached hydrogens (tertiary/aromatic N) is 5. The first-order valence-corrected chi connectivity index (χ1v) is 12.6. The maximum atomic E-state index is 14.1. The van der Waals surface area contributed by atoms with E-state index in [0.29, 0.717) is 37.0 Å². The summed E-state index contributed by atoms with van der Waals surface area (Å²) in [5.41, 5.74) is 1.05. The fraction of sp³-hybridized carbons (Fsp3) is 0.250. The lowest BCUT2D eigenvalue weighted by atomic mass is 9.90. The van der Waals surface area contributed by atoms with Gasteiger partial charge in [-0.15, -0.1) is 0 Å². The number of carbonyl (C=O) groups excluding carboxylic acids is 1. The lowest BCUT2D eigenvalue weighted by Crippen LogP contribution is -2.45. The number of aromatic nitrogens is 5. The molecule has 39 heavy (non-hydrogen) atoms. The Kier molecular flexibility index (Phi) is 6.05. The van der Waals surface area contributed by atoms with Crippen molar-refractivity contribution in [3.05, 3.63) is 105 Å². The highest BCUT2D eigenvalue weighted by atomic mass is 19.1. The number of benzene rings is 1. The molecule has 0 bridgehead atoms. The molecule has 1 saturated carbocycles. The third-order valence-corrected chi connectivity index (χ3v) is 7.20. The zero-order valence-electron chi connectivity index (χ0n) is 21.0. The molecule has 0 saturated heterocycles. The number of hydrogen-bond acceptors (Lipinski definition) is 5. The van der Waals surface area contributed by atoms with Crippen molar-refractivity contribution >= 4 is 22.6 Å². The van der Waals surface area contributed by atoms with Crippen molar-refractivity contribution in [3.63, 3.8) is 0 Å². The van der Waals surface area contributed by atoms with Crippen molar-refractivity contribution in [1.29, 1.82) is 0 Å². The summed E-state index contributed by atoms with van der Waals surface area (Å²) in [5.74, 6) is -1.48. The molecule has 4 heterocycles. The second-order valence-corrected chi connectivity index (χ2v) is 9.87. The van der Waals surface area contributed by atoms with Crippen LogP contribution in [-0.4, -0.2) is 35.5 Å². The van der Waals surface area contributed by atoms with Gasteiger partial charge in [-0.25, -0.2) is 28.1 Å². The minimum atomic E-state index is -0.665. The van der Waals surface area contributed by atoms with E-state index in [1.807, 2.05) is 13.0 Å². The van der Waals surface area contributed by atoms with Gasteiger partial charge < -0.3 is 9.72 Å². The van der Waals surface area contributed by atoms with Gasteiger partial charge in [0, 0.05) is 24.5 Å². The third kappa shape index (κ3) is 4.49. The Balaban J connectivity index is 1.28. The van der Waals surface area contributed by atoms with E-state index in [4.69, 9.17) is 0 Å². The molecule has 9 nitrogen and oxygen atoms in total. The molecule has 1 fully saturated rings. The Hall–Kier alpha value is -4.67. The minimum absolute atomic E-state index is 0.0230. The van der Waals surface area contributed by atoms with Gasteiger partial charge in [0.25, 0.3) is 11.5 Å². The topological polar surface area (TPSA) is 103 Å². The van der Waals surface area contributed by atoms with Crippen LogP contribution in [0.15, 0.2) is 70.6 Å². The quantitative estimate of drug-likeness (QED) is 0.382. The molecule has 1 aliphatic carbocycles. The van der Waals surface area contributed by atoms with Gasteiger partial charge >= 0.3 is 5.69 Å². The van der Waals surface area contributed by atoms with Crippen LogP contribution in [0.4, 0.5) is 8.78 Å². The summed E-state index contributed by atoms with van der Waals surface area (Å²) in [7, 11) is 0. The number of imidazole rings is 1. The van der Waals surface area contributed by atoms with E-state index in [1.54, 1.807) is 18.2 Å². The van der Waals surface area contributed by atoms with Crippen molar-refractivity contribution < 1.29 is 13.6 Å². The Morgan fingerprint density at radius 1 is 1.00 bits per heavy atom. The number of pyridine rings is 2. The van der Waals surface area contributed by atoms with E-state index >= 15 is 0 Å². The Morgan fingerprint density at radius 3 is 2.56 bits per heavy atom. The van der Waals surface area contributed by atoms with Crippen LogP contribution in [0.5, 0.6) is 0 Å². The van der Waals surface area contributed by atoms with Crippen molar-refractivity contribution in [1.82, 2.24) is 28.8 Å². The molecule has 0 aliphatic heterocycles. The Morgan fingerprint density at radius 2 is 1.79 bits per heavy atom. The molecular weight excluding hydrogens is 506 g/mol. The second kappa shape index (κ2) is 9.57. The number of hydrogen-bond donors (Lipinski definition) is 1. The fourth-order valence-electron chi connectivity index (χ4n) is 5.32. The zero-order valence-corrected chi connectivity index (χ0v) is 21.0. The van der Waals surface area contributed by atoms with Gasteiger partial charge in [0.1, 0.15) is 23.0 Å². The molecule has 198 valence electrons. The van der Waals surface area contributed by atoms with Crippen LogP contribution in [0, 0.1) is 18.6 Å². The summed E-state index contributed by atoms with van der Waals surface area (Å²) in [6.07, 6.45) is 5.66. The summed E-state index contributed by atoms with van der Waals surface area (Å²) in [6, 6.07) is 10.5. The highest BCUT2D eigenvalue weighted by Crippen LogP contribution is 2.28. The summed E-state index contributed by atoms with van der Waals surface area (Å²) in [4.78, 5) is 48.3. The van der Waals surface area contributed by atoms with E-state index in [-0.39, 0.29) is 28.7 Å². The first-order chi connectivity index (χ1) is 18.8. The van der Waals surface area contributed by atoms with Gasteiger partial charge in [0.2, 0.25) is 0 Å². The molecule has 5 aromatic rings. The van der Waals surface area contributed by atoms with Crippen LogP contribution in [0.3, 0.4) is 0 Å². The monoisotopic (exact) mass is 530 g/mol. The lowest BCUT2D eigenvalue weighted by Gasteiger charge is -2.30. The molecule has 0 atom stereocenters. The van der Waals surface area contributed by atoms with Crippen LogP contribution < -0.4 is 16.6 Å². The van der Waals surface area contributed by atoms with E-state index in [0.717, 1.165) is 17.8 Å². The van der Waals surface area contributed by atoms with Crippen LogP contribution in [0.25, 0.3) is 22.4 Å². The van der Waals surface area contributed by atoms with Gasteiger partial charge in [0.05, 0.1) is 17.3 Å². The number of carbonyl (C=O) groups is 1. The SMILES string of the molecule is Cc1cccc(-n2c(=O)n(C3CCC(NC(=O)c4cn5cc(F)ccc5n4)CC3)c(=O)c3cc(F)cnc32)c1. The number of amides is 1. The van der Waals surface area contributed by atoms with Crippen LogP contribution in [0.1, 0.15) is 47.8 Å². The van der Waals surface area contributed by atoms with Crippen LogP contribution in [-0.2, 0) is 0 Å². The zero-order chi connectivity index (χ0) is 27.3. The summed E-state index contributed by atoms with van der Waals surface area (Å²) in [5, 5.41) is 2.98. The lowest BCUT2D eigenvalue weighted by molar-refractivity contribution is 0.0917. The summed E-state index contributed by atoms with van der Waals surface area (Å²) < 4.78 is 31.6. The van der Waals surface area contributed by atoms with Crippen molar-refractivity contribution in [3.8, 4) is 5.69 Å². The number of halogens is 2. The molecule has 1 amide bonds. The van der Waals surface area contributed by atoms with E-state index < -0.39 is 28.9 Å². The fourth-order valence-corrected chi connectivity index (χ4v) is 5.32. The van der Waals surface area contributed by atoms with Gasteiger partial charge in [-0.1, -0.05) is 12.1 Å². The molecule has 1 N–H and O–H groups in total. The van der Waals surface area contributed by atoms with Gasteiger partial charge in [-0.2, -0.15) is 0 Å². The first-order valence-electron chi connectivity index (χ1n) is 12.6. The molecule has 6 rings (SSSR count). The highest BCUT2D eigenvalue weighted by molar-refractivity contribution is 5.93. The number of fused-ring (bicyclic) bond motifs is 2. The molecule has 4 aromatic heterocycles. The number of rotatable bonds is 4. The van der Waals surface area contributed by atoms with E-state index in [2.05, 4.69) is 15.3 Å². The largest absolute Gasteiger partial charge is 0.348 e. The predicted octanol–water partition coefficient (Wildman–Crippen LogP) is 3.70. The minimum Gasteiger partial charge on any atom is -0.348 e. The maximum Gasteiger partial charge on any atom is 0.337 e. The van der Waals surface area contributed by atoms with E-state index in [1.165, 1.54) is 38.1 Å². The predicted molar refractivity (Wildman–Crippen MR) is 140 cm³/mol. The van der Waals surface area contributed by atoms with Gasteiger partial charge in [0.15, 0.2) is 5.65 Å². The molecular formula is C28H24F2N6O3. The first kappa shape index (κ1) is 24.7. The summed E-state index contributed by atoms with van der Waals surface area (Å²) in [6.45, 7) is 1.89. The van der Waals surface area contributed by atoms with Crippen molar-refractivity contribution in [2.45, 2.75) is 44.7 Å². The van der Waals surface area contributed by atoms with Crippen LogP contribution in [0.2, 0.25) is 0 Å². The van der Waals surface area contributed by atoms with Gasteiger partial charge in [-0.3, -0.25) is 14.2 Å². The normalized spacial score (nSPS) is 17.5. The maximum absolute atomic E-state index is 14.1. The Labute approximate surface area is 220 Å². The molecule has 0 unspecified atom stereocenters. The number of aryl methyl sites for hydroxylation is 1. The molecule has 0 radical (unpaired) electrons. The van der Waals surface area contributed by atoms with Crippen molar-refractivity contribution in [2.75, 3.05) is 0 Å². The van der Waals surface area contributed by atoms with Gasteiger partial charge in [-0.05, 0) is 68.5 Å². The average Bonchev–Trinajstić information content (AvgIpc) is 3.34. The third-order valence-electron chi connectivity index (χ3n) is 7.20. The van der Waals surface area contributed by atoms with Crippen LogP contribution >= 0.6 is 0 Å². The average molecular weight is 531 g/mol. The summed E-state index contributed by atoms with van der Waals surface area (Å²) >= 11 is 0. The smallest absolute Gasteiger partial charge is 0.337 e. The second-order valence-electron chi connectivity index (χ2n) is 9.87. The molecule has 1 aromatic carbocycles. The standard InChI is InChI=1S/C28H24F2N6O3/c1-16-3-2-4-21(11-16)35-25-22(12-18(30)13-31-25)27(38)36(28(35)39)20-8-6-19(7-9-20)32-26(37)23-15-34-14-17(29)5-10-24(34)33-23/h2-5,10-15,19-20H,6-9H2,1H3,(H,32,37). The highest BCUT2D eigenvalue weighted by Gasteiger charge is 2.28. The molecule has 11 heteroatoms. The Bertz CT molecular complexity index is 1870. The number of nitrogens with one attached hydrogen (secondary N) is 1.